The summed E-state index contributed by atoms with van der Waals surface area (Å²) in [5.74, 6) is 0.0597. The molecule has 0 radical (unpaired) electrons. The number of alkyl carbamates (subject to hydrolysis) is 1. The molecule has 0 bridgehead atoms. The van der Waals surface area contributed by atoms with Crippen LogP contribution in [0.25, 0.3) is 0 Å². The Labute approximate surface area is 193 Å². The summed E-state index contributed by atoms with van der Waals surface area (Å²) in [6, 6.07) is 12.3. The molecule has 0 unspecified atom stereocenters. The van der Waals surface area contributed by atoms with Crippen molar-refractivity contribution >= 4 is 23.6 Å². The molecule has 0 atom stereocenters. The van der Waals surface area contributed by atoms with Crippen molar-refractivity contribution in [3.63, 3.8) is 0 Å². The fourth-order valence-electron chi connectivity index (χ4n) is 3.55. The maximum atomic E-state index is 13.1. The van der Waals surface area contributed by atoms with Crippen LogP contribution >= 0.6 is 0 Å². The zero-order valence-corrected chi connectivity index (χ0v) is 18.9. The van der Waals surface area contributed by atoms with E-state index in [-0.39, 0.29) is 24.7 Å². The van der Waals surface area contributed by atoms with Crippen LogP contribution in [0.1, 0.15) is 35.2 Å². The van der Waals surface area contributed by atoms with Gasteiger partial charge in [-0.25, -0.2) is 4.79 Å². The molecule has 9 nitrogen and oxygen atoms in total. The summed E-state index contributed by atoms with van der Waals surface area (Å²) in [5, 5.41) is 5.11. The number of nitrogens with one attached hydrogen (secondary N) is 2. The fourth-order valence-corrected chi connectivity index (χ4v) is 3.55. The Bertz CT molecular complexity index is 974. The minimum atomic E-state index is -0.717. The number of hydrogen-bond acceptors (Lipinski definition) is 6. The van der Waals surface area contributed by atoms with Gasteiger partial charge in [0.05, 0.1) is 25.5 Å². The lowest BCUT2D eigenvalue weighted by molar-refractivity contribution is -0.115. The third-order valence-electron chi connectivity index (χ3n) is 5.28. The van der Waals surface area contributed by atoms with Crippen molar-refractivity contribution in [1.29, 1.82) is 0 Å². The largest absolute Gasteiger partial charge is 0.493 e. The minimum absolute atomic E-state index is 0.0957. The average molecular weight is 456 g/mol. The van der Waals surface area contributed by atoms with Gasteiger partial charge in [-0.3, -0.25) is 9.59 Å². The van der Waals surface area contributed by atoms with E-state index < -0.39 is 12.0 Å². The van der Waals surface area contributed by atoms with Crippen molar-refractivity contribution < 1.29 is 28.6 Å². The molecule has 3 rings (SSSR count). The molecule has 1 aliphatic rings. The molecular weight excluding hydrogens is 426 g/mol. The predicted octanol–water partition coefficient (Wildman–Crippen LogP) is 3.19. The van der Waals surface area contributed by atoms with E-state index in [1.165, 1.54) is 14.2 Å². The van der Waals surface area contributed by atoms with Crippen LogP contribution in [0.2, 0.25) is 0 Å². The monoisotopic (exact) mass is 455 g/mol. The highest BCUT2D eigenvalue weighted by Crippen LogP contribution is 2.34. The summed E-state index contributed by atoms with van der Waals surface area (Å²) in [4.78, 5) is 39.4. The molecule has 0 aliphatic carbocycles. The van der Waals surface area contributed by atoms with Crippen LogP contribution in [0.5, 0.6) is 11.5 Å². The first-order chi connectivity index (χ1) is 16.0. The van der Waals surface area contributed by atoms with Crippen LogP contribution in [0.4, 0.5) is 10.5 Å². The van der Waals surface area contributed by atoms with Crippen LogP contribution in [-0.2, 0) is 16.1 Å². The Morgan fingerprint density at radius 3 is 2.27 bits per heavy atom. The first-order valence-electron chi connectivity index (χ1n) is 10.8. The molecule has 0 saturated carbocycles. The standard InChI is InChI=1S/C24H29N3O6/c1-31-20-13-18(23(29)27-11-7-4-8-12-27)19(14-21(20)32-2)26-22(28)15-25-24(30)33-16-17-9-5-3-6-10-17/h3,5-6,9-10,13-14H,4,7-8,11-12,15-16H2,1-2H3,(H,25,30)(H,26,28). The number of nitrogens with zero attached hydrogens (tertiary/aromatic N) is 1. The van der Waals surface area contributed by atoms with Gasteiger partial charge in [0.1, 0.15) is 13.2 Å². The van der Waals surface area contributed by atoms with Gasteiger partial charge in [0.2, 0.25) is 5.91 Å². The Kier molecular flexibility index (Phi) is 8.51. The lowest BCUT2D eigenvalue weighted by Gasteiger charge is -2.28. The Hall–Kier alpha value is -3.75. The number of amides is 3. The Morgan fingerprint density at radius 1 is 0.939 bits per heavy atom. The van der Waals surface area contributed by atoms with E-state index in [0.717, 1.165) is 24.8 Å². The van der Waals surface area contributed by atoms with Crippen LogP contribution in [-0.4, -0.2) is 56.7 Å². The van der Waals surface area contributed by atoms with E-state index in [4.69, 9.17) is 14.2 Å². The lowest BCUT2D eigenvalue weighted by Crippen LogP contribution is -2.37. The number of likely N-dealkylation sites (tertiary alicyclic amines) is 1. The molecule has 2 N–H and O–H groups in total. The fraction of sp³-hybridized carbons (Fsp3) is 0.375. The van der Waals surface area contributed by atoms with Gasteiger partial charge in [0, 0.05) is 19.2 Å². The topological polar surface area (TPSA) is 106 Å². The second-order valence-corrected chi connectivity index (χ2v) is 7.57. The molecule has 0 spiro atoms. The summed E-state index contributed by atoms with van der Waals surface area (Å²) in [6.45, 7) is 1.10. The molecule has 176 valence electrons. The first kappa shape index (κ1) is 23.9. The number of benzene rings is 2. The van der Waals surface area contributed by atoms with E-state index >= 15 is 0 Å². The molecule has 2 aromatic carbocycles. The van der Waals surface area contributed by atoms with Gasteiger partial charge in [-0.2, -0.15) is 0 Å². The number of anilines is 1. The Balaban J connectivity index is 1.65. The van der Waals surface area contributed by atoms with Gasteiger partial charge >= 0.3 is 6.09 Å². The van der Waals surface area contributed by atoms with E-state index in [9.17, 15) is 14.4 Å². The number of piperidine rings is 1. The second kappa shape index (κ2) is 11.8. The van der Waals surface area contributed by atoms with Gasteiger partial charge in [-0.05, 0) is 30.9 Å². The number of hydrogen-bond donors (Lipinski definition) is 2. The van der Waals surface area contributed by atoms with Crippen molar-refractivity contribution in [3.05, 3.63) is 53.6 Å². The predicted molar refractivity (Wildman–Crippen MR) is 123 cm³/mol. The molecule has 3 amide bonds. The maximum Gasteiger partial charge on any atom is 0.407 e. The number of rotatable bonds is 8. The van der Waals surface area contributed by atoms with E-state index in [0.29, 0.717) is 30.2 Å². The molecule has 1 fully saturated rings. The SMILES string of the molecule is COc1cc(NC(=O)CNC(=O)OCc2ccccc2)c(C(=O)N2CCCCC2)cc1OC. The number of carbonyl (C=O) groups excluding carboxylic acids is 3. The van der Waals surface area contributed by atoms with Crippen molar-refractivity contribution in [2.24, 2.45) is 0 Å². The number of methoxy groups -OCH3 is 2. The molecule has 0 aromatic heterocycles. The molecule has 1 saturated heterocycles. The molecular formula is C24H29N3O6. The van der Waals surface area contributed by atoms with Gasteiger partial charge in [-0.1, -0.05) is 30.3 Å². The van der Waals surface area contributed by atoms with Crippen LogP contribution in [0, 0.1) is 0 Å². The quantitative estimate of drug-likeness (QED) is 0.633. The zero-order chi connectivity index (χ0) is 23.6. The zero-order valence-electron chi connectivity index (χ0n) is 18.9. The molecule has 2 aromatic rings. The van der Waals surface area contributed by atoms with E-state index in [1.54, 1.807) is 17.0 Å². The van der Waals surface area contributed by atoms with E-state index in [2.05, 4.69) is 10.6 Å². The van der Waals surface area contributed by atoms with Crippen molar-refractivity contribution in [1.82, 2.24) is 10.2 Å². The van der Waals surface area contributed by atoms with Crippen molar-refractivity contribution in [2.75, 3.05) is 39.2 Å². The lowest BCUT2D eigenvalue weighted by atomic mass is 10.1. The first-order valence-corrected chi connectivity index (χ1v) is 10.8. The highest BCUT2D eigenvalue weighted by molar-refractivity contribution is 6.05. The van der Waals surface area contributed by atoms with Crippen molar-refractivity contribution in [3.8, 4) is 11.5 Å². The Morgan fingerprint density at radius 2 is 1.61 bits per heavy atom. The normalized spacial score (nSPS) is 13.1. The summed E-state index contributed by atoms with van der Waals surface area (Å²) in [7, 11) is 2.95. The minimum Gasteiger partial charge on any atom is -0.493 e. The van der Waals surface area contributed by atoms with Crippen LogP contribution in [0.3, 0.4) is 0 Å². The molecule has 33 heavy (non-hydrogen) atoms. The van der Waals surface area contributed by atoms with E-state index in [1.807, 2.05) is 30.3 Å². The summed E-state index contributed by atoms with van der Waals surface area (Å²) in [6.07, 6.45) is 2.25. The summed E-state index contributed by atoms with van der Waals surface area (Å²) < 4.78 is 15.8. The summed E-state index contributed by atoms with van der Waals surface area (Å²) >= 11 is 0. The van der Waals surface area contributed by atoms with Gasteiger partial charge in [0.25, 0.3) is 5.91 Å². The number of ether oxygens (including phenoxy) is 3. The van der Waals surface area contributed by atoms with Gasteiger partial charge < -0.3 is 29.7 Å². The molecule has 9 heteroatoms. The second-order valence-electron chi connectivity index (χ2n) is 7.57. The van der Waals surface area contributed by atoms with Gasteiger partial charge in [-0.15, -0.1) is 0 Å². The highest BCUT2D eigenvalue weighted by Gasteiger charge is 2.24. The third kappa shape index (κ3) is 6.61. The van der Waals surface area contributed by atoms with Crippen molar-refractivity contribution in [2.45, 2.75) is 25.9 Å². The smallest absolute Gasteiger partial charge is 0.407 e. The van der Waals surface area contributed by atoms with Crippen LogP contribution < -0.4 is 20.1 Å². The number of carbonyl (C=O) groups is 3. The molecule has 1 heterocycles. The van der Waals surface area contributed by atoms with Gasteiger partial charge in [0.15, 0.2) is 11.5 Å². The van der Waals surface area contributed by atoms with Crippen LogP contribution in [0.15, 0.2) is 42.5 Å². The third-order valence-corrected chi connectivity index (χ3v) is 5.28. The maximum absolute atomic E-state index is 13.1. The summed E-state index contributed by atoms with van der Waals surface area (Å²) in [5.41, 5.74) is 1.42. The highest BCUT2D eigenvalue weighted by atomic mass is 16.5. The average Bonchev–Trinajstić information content (AvgIpc) is 2.86. The molecule has 1 aliphatic heterocycles.